The van der Waals surface area contributed by atoms with Gasteiger partial charge in [0.1, 0.15) is 11.7 Å². The standard InChI is InChI=1S/C22H26N4O4/c27-19-5-3-4-18-14-10-15(20(26(18)19)21(28)24-8-1-2-9-24)13-25(12-14)16-6-7-23-17(11-16)22(29)30/h1-2,6-7,11,14-15,18,20H,3-5,8-10,12-13H2,(H,29,30)/t14-,15+,18-,20+/m0/s1. The summed E-state index contributed by atoms with van der Waals surface area (Å²) >= 11 is 0. The number of rotatable bonds is 3. The Balaban J connectivity index is 1.47. The van der Waals surface area contributed by atoms with Gasteiger partial charge in [-0.1, -0.05) is 12.2 Å². The van der Waals surface area contributed by atoms with Crippen molar-refractivity contribution in [1.82, 2.24) is 14.8 Å². The molecule has 1 aromatic rings. The van der Waals surface area contributed by atoms with Crippen LogP contribution in [0, 0.1) is 11.8 Å². The summed E-state index contributed by atoms with van der Waals surface area (Å²) in [5.74, 6) is -0.567. The number of hydrogen-bond acceptors (Lipinski definition) is 5. The molecule has 0 spiro atoms. The Kier molecular flexibility index (Phi) is 4.72. The molecule has 2 amide bonds. The number of carbonyl (C=O) groups excluding carboxylic acids is 2. The molecule has 3 fully saturated rings. The highest BCUT2D eigenvalue weighted by molar-refractivity contribution is 5.89. The molecule has 3 saturated heterocycles. The number of fused-ring (bicyclic) bond motifs is 4. The summed E-state index contributed by atoms with van der Waals surface area (Å²) in [5.41, 5.74) is 0.843. The first-order chi connectivity index (χ1) is 14.5. The van der Waals surface area contributed by atoms with Gasteiger partial charge in [0.05, 0.1) is 0 Å². The number of aromatic carboxylic acids is 1. The van der Waals surface area contributed by atoms with Crippen LogP contribution in [-0.2, 0) is 9.59 Å². The minimum Gasteiger partial charge on any atom is -0.477 e. The number of nitrogens with zero attached hydrogens (tertiary/aromatic N) is 4. The lowest BCUT2D eigenvalue weighted by molar-refractivity contribution is -0.160. The number of carboxylic acids is 1. The summed E-state index contributed by atoms with van der Waals surface area (Å²) in [5, 5.41) is 9.31. The fourth-order valence-corrected chi connectivity index (χ4v) is 5.76. The van der Waals surface area contributed by atoms with Gasteiger partial charge in [-0.2, -0.15) is 0 Å². The fraction of sp³-hybridized carbons (Fsp3) is 0.545. The number of piperidine rings is 3. The van der Waals surface area contributed by atoms with Crippen LogP contribution >= 0.6 is 0 Å². The van der Waals surface area contributed by atoms with Crippen molar-refractivity contribution in [3.05, 3.63) is 36.2 Å². The predicted molar refractivity (Wildman–Crippen MR) is 109 cm³/mol. The van der Waals surface area contributed by atoms with E-state index in [0.29, 0.717) is 26.1 Å². The maximum atomic E-state index is 13.5. The summed E-state index contributed by atoms with van der Waals surface area (Å²) in [4.78, 5) is 47.6. The molecule has 1 N–H and O–H groups in total. The highest BCUT2D eigenvalue weighted by Gasteiger charge is 2.52. The number of carbonyl (C=O) groups is 3. The van der Waals surface area contributed by atoms with Crippen LogP contribution in [-0.4, -0.2) is 75.9 Å². The molecule has 0 saturated carbocycles. The zero-order chi connectivity index (χ0) is 20.8. The lowest BCUT2D eigenvalue weighted by atomic mass is 9.71. The average Bonchev–Trinajstić information content (AvgIpc) is 3.29. The smallest absolute Gasteiger partial charge is 0.354 e. The summed E-state index contributed by atoms with van der Waals surface area (Å²) in [6.07, 6.45) is 8.76. The van der Waals surface area contributed by atoms with E-state index in [2.05, 4.69) is 9.88 Å². The zero-order valence-corrected chi connectivity index (χ0v) is 16.8. The van der Waals surface area contributed by atoms with E-state index in [0.717, 1.165) is 31.5 Å². The fourth-order valence-electron chi connectivity index (χ4n) is 5.76. The Bertz CT molecular complexity index is 908. The molecule has 2 bridgehead atoms. The minimum atomic E-state index is -1.05. The van der Waals surface area contributed by atoms with Gasteiger partial charge in [0.15, 0.2) is 0 Å². The number of aromatic nitrogens is 1. The van der Waals surface area contributed by atoms with E-state index in [1.54, 1.807) is 6.07 Å². The van der Waals surface area contributed by atoms with E-state index in [1.165, 1.54) is 6.20 Å². The van der Waals surface area contributed by atoms with E-state index in [4.69, 9.17) is 0 Å². The van der Waals surface area contributed by atoms with Gasteiger partial charge in [0.25, 0.3) is 0 Å². The first-order valence-electron chi connectivity index (χ1n) is 10.7. The number of anilines is 1. The van der Waals surface area contributed by atoms with Crippen molar-refractivity contribution in [2.24, 2.45) is 11.8 Å². The average molecular weight is 410 g/mol. The van der Waals surface area contributed by atoms with Crippen LogP contribution in [0.3, 0.4) is 0 Å². The van der Waals surface area contributed by atoms with Gasteiger partial charge >= 0.3 is 5.97 Å². The molecule has 8 nitrogen and oxygen atoms in total. The Labute approximate surface area is 175 Å². The van der Waals surface area contributed by atoms with Crippen LogP contribution in [0.2, 0.25) is 0 Å². The molecule has 0 aromatic carbocycles. The summed E-state index contributed by atoms with van der Waals surface area (Å²) in [7, 11) is 0. The Morgan fingerprint density at radius 1 is 1.13 bits per heavy atom. The predicted octanol–water partition coefficient (Wildman–Crippen LogP) is 1.38. The highest BCUT2D eigenvalue weighted by atomic mass is 16.4. The highest BCUT2D eigenvalue weighted by Crippen LogP contribution is 2.43. The molecule has 0 aliphatic carbocycles. The lowest BCUT2D eigenvalue weighted by Gasteiger charge is -2.56. The molecule has 4 aliphatic rings. The Morgan fingerprint density at radius 2 is 1.90 bits per heavy atom. The van der Waals surface area contributed by atoms with Crippen molar-refractivity contribution in [2.75, 3.05) is 31.1 Å². The summed E-state index contributed by atoms with van der Waals surface area (Å²) < 4.78 is 0. The van der Waals surface area contributed by atoms with Gasteiger partial charge in [-0.3, -0.25) is 9.59 Å². The second-order valence-electron chi connectivity index (χ2n) is 8.79. The van der Waals surface area contributed by atoms with Gasteiger partial charge in [-0.15, -0.1) is 0 Å². The van der Waals surface area contributed by atoms with E-state index >= 15 is 0 Å². The normalized spacial score (nSPS) is 30.4. The molecule has 4 atom stereocenters. The molecule has 8 heteroatoms. The molecule has 1 aromatic heterocycles. The first kappa shape index (κ1) is 19.1. The maximum absolute atomic E-state index is 13.5. The third-order valence-electron chi connectivity index (χ3n) is 7.05. The first-order valence-corrected chi connectivity index (χ1v) is 10.7. The van der Waals surface area contributed by atoms with Crippen molar-refractivity contribution in [3.63, 3.8) is 0 Å². The van der Waals surface area contributed by atoms with Crippen LogP contribution in [0.25, 0.3) is 0 Å². The summed E-state index contributed by atoms with van der Waals surface area (Å²) in [6, 6.07) is 3.09. The third-order valence-corrected chi connectivity index (χ3v) is 7.05. The molecular weight excluding hydrogens is 384 g/mol. The zero-order valence-electron chi connectivity index (χ0n) is 16.8. The molecular formula is C22H26N4O4. The van der Waals surface area contributed by atoms with Crippen molar-refractivity contribution in [3.8, 4) is 0 Å². The molecule has 30 heavy (non-hydrogen) atoms. The van der Waals surface area contributed by atoms with Crippen molar-refractivity contribution in [2.45, 2.75) is 37.8 Å². The van der Waals surface area contributed by atoms with Gasteiger partial charge in [0.2, 0.25) is 11.8 Å². The van der Waals surface area contributed by atoms with E-state index < -0.39 is 12.0 Å². The monoisotopic (exact) mass is 410 g/mol. The second kappa shape index (κ2) is 7.41. The number of hydrogen-bond donors (Lipinski definition) is 1. The molecule has 0 radical (unpaired) electrons. The molecule has 4 aliphatic heterocycles. The van der Waals surface area contributed by atoms with Gasteiger partial charge < -0.3 is 19.8 Å². The maximum Gasteiger partial charge on any atom is 0.354 e. The van der Waals surface area contributed by atoms with Crippen LogP contribution in [0.1, 0.15) is 36.2 Å². The van der Waals surface area contributed by atoms with Crippen LogP contribution in [0.15, 0.2) is 30.5 Å². The third kappa shape index (κ3) is 3.14. The molecule has 0 unspecified atom stereocenters. The Morgan fingerprint density at radius 3 is 2.67 bits per heavy atom. The second-order valence-corrected chi connectivity index (χ2v) is 8.79. The van der Waals surface area contributed by atoms with E-state index in [-0.39, 0.29) is 35.4 Å². The van der Waals surface area contributed by atoms with Crippen LogP contribution in [0.5, 0.6) is 0 Å². The lowest BCUT2D eigenvalue weighted by Crippen LogP contribution is -2.68. The number of amides is 2. The minimum absolute atomic E-state index is 0.0217. The number of carboxylic acid groups (broad SMARTS) is 1. The quantitative estimate of drug-likeness (QED) is 0.757. The molecule has 5 heterocycles. The molecule has 5 rings (SSSR count). The van der Waals surface area contributed by atoms with Crippen molar-refractivity contribution in [1.29, 1.82) is 0 Å². The van der Waals surface area contributed by atoms with Gasteiger partial charge in [-0.05, 0) is 37.3 Å². The summed E-state index contributed by atoms with van der Waals surface area (Å²) in [6.45, 7) is 2.61. The van der Waals surface area contributed by atoms with Crippen LogP contribution in [0.4, 0.5) is 5.69 Å². The topological polar surface area (TPSA) is 94.0 Å². The SMILES string of the molecule is O=C(O)c1cc(N2C[C@@H]3C[C@H](C2)[C@H](C(=O)N2CC=CC2)N2C(=O)CCC[C@@H]32)ccn1. The largest absolute Gasteiger partial charge is 0.477 e. The molecule has 158 valence electrons. The Hall–Kier alpha value is -2.90. The van der Waals surface area contributed by atoms with Crippen molar-refractivity contribution < 1.29 is 19.5 Å². The van der Waals surface area contributed by atoms with Gasteiger partial charge in [-0.25, -0.2) is 9.78 Å². The number of pyridine rings is 1. The van der Waals surface area contributed by atoms with Crippen LogP contribution < -0.4 is 4.90 Å². The van der Waals surface area contributed by atoms with E-state index in [9.17, 15) is 19.5 Å². The van der Waals surface area contributed by atoms with Gasteiger partial charge in [0, 0.05) is 56.4 Å². The van der Waals surface area contributed by atoms with E-state index in [1.807, 2.05) is 28.0 Å². The van der Waals surface area contributed by atoms with Crippen molar-refractivity contribution >= 4 is 23.5 Å².